The van der Waals surface area contributed by atoms with Gasteiger partial charge < -0.3 is 29.5 Å². The lowest BCUT2D eigenvalue weighted by molar-refractivity contribution is 0.0940. The van der Waals surface area contributed by atoms with Crippen molar-refractivity contribution in [3.8, 4) is 6.01 Å². The second-order valence-corrected chi connectivity index (χ2v) is 8.89. The maximum absolute atomic E-state index is 12.5. The van der Waals surface area contributed by atoms with Gasteiger partial charge in [-0.05, 0) is 39.5 Å². The molecule has 2 aromatic rings. The number of nitrogens with one attached hydrogen (secondary N) is 1. The number of likely N-dealkylation sites (N-methyl/N-ethyl adjacent to an activating group) is 1. The van der Waals surface area contributed by atoms with Gasteiger partial charge in [-0.3, -0.25) is 0 Å². The minimum absolute atomic E-state index is 0.0151. The van der Waals surface area contributed by atoms with Gasteiger partial charge in [-0.15, -0.1) is 0 Å². The molecule has 33 heavy (non-hydrogen) atoms. The molecule has 0 spiro atoms. The van der Waals surface area contributed by atoms with Crippen molar-refractivity contribution in [2.24, 2.45) is 0 Å². The van der Waals surface area contributed by atoms with Crippen molar-refractivity contribution in [3.63, 3.8) is 0 Å². The number of carbonyl (C=O) groups excluding carboxylic acids is 1. The second-order valence-electron chi connectivity index (χ2n) is 8.89. The third-order valence-corrected chi connectivity index (χ3v) is 5.87. The Balaban J connectivity index is 1.40. The van der Waals surface area contributed by atoms with Crippen molar-refractivity contribution in [3.05, 3.63) is 47.2 Å². The van der Waals surface area contributed by atoms with Gasteiger partial charge in [-0.2, -0.15) is 9.97 Å². The van der Waals surface area contributed by atoms with Crippen LogP contribution in [0.4, 0.5) is 10.6 Å². The van der Waals surface area contributed by atoms with Crippen LogP contribution in [0.25, 0.3) is 0 Å². The van der Waals surface area contributed by atoms with Gasteiger partial charge in [-0.1, -0.05) is 30.3 Å². The molecule has 0 bridgehead atoms. The summed E-state index contributed by atoms with van der Waals surface area (Å²) in [6, 6.07) is 10.2. The van der Waals surface area contributed by atoms with Crippen LogP contribution in [0.15, 0.2) is 30.3 Å². The van der Waals surface area contributed by atoms with Crippen molar-refractivity contribution >= 4 is 11.9 Å². The summed E-state index contributed by atoms with van der Waals surface area (Å²) in [5.41, 5.74) is 3.17. The highest BCUT2D eigenvalue weighted by Crippen LogP contribution is 2.27. The Bertz CT molecular complexity index is 931. The summed E-state index contributed by atoms with van der Waals surface area (Å²) in [4.78, 5) is 28.1. The number of ether oxygens (including phenoxy) is 2. The fourth-order valence-electron chi connectivity index (χ4n) is 4.27. The smallest absolute Gasteiger partial charge is 0.410 e. The summed E-state index contributed by atoms with van der Waals surface area (Å²) < 4.78 is 11.6. The summed E-state index contributed by atoms with van der Waals surface area (Å²) >= 11 is 0. The number of hydrogen-bond acceptors (Lipinski definition) is 8. The molecule has 2 aliphatic rings. The number of aromatic nitrogens is 2. The number of hydrogen-bond donors (Lipinski definition) is 1. The Hall–Kier alpha value is -2.91. The Morgan fingerprint density at radius 1 is 1.15 bits per heavy atom. The van der Waals surface area contributed by atoms with Gasteiger partial charge in [0.1, 0.15) is 18.5 Å². The molecule has 1 saturated heterocycles. The topological polar surface area (TPSA) is 83.1 Å². The molecule has 0 saturated carbocycles. The second kappa shape index (κ2) is 10.8. The molecular formula is C24H34N6O3. The van der Waals surface area contributed by atoms with Crippen LogP contribution in [0.2, 0.25) is 0 Å². The normalized spacial score (nSPS) is 17.0. The van der Waals surface area contributed by atoms with Crippen molar-refractivity contribution in [2.75, 3.05) is 58.3 Å². The number of anilines is 1. The molecule has 2 aliphatic heterocycles. The van der Waals surface area contributed by atoms with E-state index in [0.717, 1.165) is 43.1 Å². The molecule has 1 N–H and O–H groups in total. The Kier molecular flexibility index (Phi) is 7.61. The highest BCUT2D eigenvalue weighted by atomic mass is 16.6. The fourth-order valence-corrected chi connectivity index (χ4v) is 4.27. The maximum atomic E-state index is 12.5. The quantitative estimate of drug-likeness (QED) is 0.679. The summed E-state index contributed by atoms with van der Waals surface area (Å²) in [7, 11) is 4.04. The zero-order valence-corrected chi connectivity index (χ0v) is 19.8. The molecule has 0 radical (unpaired) electrons. The number of carbonyl (C=O) groups is 1. The lowest BCUT2D eigenvalue weighted by Gasteiger charge is -2.36. The van der Waals surface area contributed by atoms with Gasteiger partial charge in [0.05, 0.1) is 5.69 Å². The third-order valence-electron chi connectivity index (χ3n) is 5.87. The summed E-state index contributed by atoms with van der Waals surface area (Å²) in [6.07, 6.45) is 0.602. The highest BCUT2D eigenvalue weighted by molar-refractivity contribution is 5.68. The predicted molar refractivity (Wildman–Crippen MR) is 126 cm³/mol. The van der Waals surface area contributed by atoms with E-state index in [1.54, 1.807) is 4.90 Å². The van der Waals surface area contributed by atoms with E-state index < -0.39 is 0 Å². The molecule has 1 atom stereocenters. The first kappa shape index (κ1) is 23.3. The number of piperazine rings is 1. The van der Waals surface area contributed by atoms with Crippen LogP contribution in [-0.2, 0) is 24.3 Å². The molecule has 1 aromatic heterocycles. The zero-order chi connectivity index (χ0) is 23.2. The molecular weight excluding hydrogens is 420 g/mol. The summed E-state index contributed by atoms with van der Waals surface area (Å²) in [5, 5.41) is 3.39. The summed E-state index contributed by atoms with van der Waals surface area (Å²) in [6.45, 7) is 7.32. The van der Waals surface area contributed by atoms with Crippen LogP contribution >= 0.6 is 0 Å². The molecule has 3 heterocycles. The Labute approximate surface area is 195 Å². The van der Waals surface area contributed by atoms with E-state index in [2.05, 4.69) is 20.1 Å². The van der Waals surface area contributed by atoms with Crippen LogP contribution < -0.4 is 15.0 Å². The largest absolute Gasteiger partial charge is 0.459 e. The first-order valence-electron chi connectivity index (χ1n) is 11.6. The molecule has 4 rings (SSSR count). The van der Waals surface area contributed by atoms with Crippen molar-refractivity contribution in [2.45, 2.75) is 32.6 Å². The summed E-state index contributed by atoms with van der Waals surface area (Å²) in [5.74, 6) is 0.936. The van der Waals surface area contributed by atoms with E-state index >= 15 is 0 Å². The highest BCUT2D eigenvalue weighted by Gasteiger charge is 2.27. The maximum Gasteiger partial charge on any atom is 0.410 e. The number of amides is 1. The van der Waals surface area contributed by atoms with E-state index in [9.17, 15) is 4.79 Å². The van der Waals surface area contributed by atoms with Gasteiger partial charge in [-0.25, -0.2) is 4.79 Å². The molecule has 0 aliphatic carbocycles. The van der Waals surface area contributed by atoms with Gasteiger partial charge in [0.2, 0.25) is 0 Å². The first-order valence-corrected chi connectivity index (χ1v) is 11.6. The average Bonchev–Trinajstić information content (AvgIpc) is 2.82. The predicted octanol–water partition coefficient (Wildman–Crippen LogP) is 1.91. The molecule has 0 unspecified atom stereocenters. The fraction of sp³-hybridized carbons (Fsp3) is 0.542. The van der Waals surface area contributed by atoms with Gasteiger partial charge in [0.15, 0.2) is 0 Å². The van der Waals surface area contributed by atoms with E-state index in [4.69, 9.17) is 14.5 Å². The van der Waals surface area contributed by atoms with Crippen LogP contribution in [0.1, 0.15) is 23.7 Å². The zero-order valence-electron chi connectivity index (χ0n) is 19.8. The monoisotopic (exact) mass is 454 g/mol. The Morgan fingerprint density at radius 2 is 1.91 bits per heavy atom. The van der Waals surface area contributed by atoms with E-state index in [0.29, 0.717) is 32.2 Å². The first-order chi connectivity index (χ1) is 16.0. The van der Waals surface area contributed by atoms with E-state index in [-0.39, 0.29) is 18.8 Å². The van der Waals surface area contributed by atoms with Crippen molar-refractivity contribution < 1.29 is 14.3 Å². The number of nitrogens with zero attached hydrogens (tertiary/aromatic N) is 5. The van der Waals surface area contributed by atoms with E-state index in [1.807, 2.05) is 51.4 Å². The molecule has 178 valence electrons. The molecule has 9 nitrogen and oxygen atoms in total. The average molecular weight is 455 g/mol. The number of fused-ring (bicyclic) bond motifs is 1. The van der Waals surface area contributed by atoms with Crippen LogP contribution in [0.3, 0.4) is 0 Å². The molecule has 1 fully saturated rings. The van der Waals surface area contributed by atoms with Crippen molar-refractivity contribution in [1.29, 1.82) is 0 Å². The molecule has 1 amide bonds. The van der Waals surface area contributed by atoms with Crippen LogP contribution in [0.5, 0.6) is 6.01 Å². The van der Waals surface area contributed by atoms with Gasteiger partial charge in [0.25, 0.3) is 0 Å². The minimum Gasteiger partial charge on any atom is -0.459 e. The lowest BCUT2D eigenvalue weighted by Crippen LogP contribution is -2.49. The SMILES string of the molecule is C[C@@H](CN(C)C)Oc1nc2c(c(N3CCN(C(=O)OCc4ccccc4)CC3)n1)CCNC2. The van der Waals surface area contributed by atoms with Crippen LogP contribution in [-0.4, -0.2) is 85.3 Å². The van der Waals surface area contributed by atoms with Gasteiger partial charge >= 0.3 is 12.1 Å². The number of benzene rings is 1. The standard InChI is InChI=1S/C24H34N6O3/c1-18(16-28(2)3)33-23-26-21-15-25-10-9-20(21)22(27-23)29-11-13-30(14-12-29)24(31)32-17-19-7-5-4-6-8-19/h4-8,18,25H,9-17H2,1-3H3/t18-/m0/s1. The third kappa shape index (κ3) is 6.11. The molecule has 1 aromatic carbocycles. The van der Waals surface area contributed by atoms with Gasteiger partial charge in [0, 0.05) is 44.8 Å². The lowest BCUT2D eigenvalue weighted by atomic mass is 10.1. The van der Waals surface area contributed by atoms with Crippen molar-refractivity contribution in [1.82, 2.24) is 25.1 Å². The number of rotatable bonds is 7. The molecule has 9 heteroatoms. The van der Waals surface area contributed by atoms with Crippen LogP contribution in [0, 0.1) is 0 Å². The minimum atomic E-state index is -0.269. The Morgan fingerprint density at radius 3 is 2.64 bits per heavy atom. The van der Waals surface area contributed by atoms with E-state index in [1.165, 1.54) is 5.56 Å².